The van der Waals surface area contributed by atoms with E-state index in [9.17, 15) is 9.59 Å². The van der Waals surface area contributed by atoms with Crippen LogP contribution in [0, 0.1) is 17.8 Å². The normalized spacial score (nSPS) is 24.7. The van der Waals surface area contributed by atoms with Gasteiger partial charge in [-0.25, -0.2) is 0 Å². The number of hydrogen-bond acceptors (Lipinski definition) is 3. The number of nitrogens with one attached hydrogen (secondary N) is 2. The van der Waals surface area contributed by atoms with Gasteiger partial charge in [-0.2, -0.15) is 0 Å². The molecule has 2 fully saturated rings. The molecular formula is C26H35N3O3. The monoisotopic (exact) mass is 437 g/mol. The fourth-order valence-corrected chi connectivity index (χ4v) is 6.03. The van der Waals surface area contributed by atoms with Gasteiger partial charge in [0.25, 0.3) is 5.91 Å². The van der Waals surface area contributed by atoms with E-state index in [1.807, 2.05) is 12.1 Å². The zero-order chi connectivity index (χ0) is 22.4. The summed E-state index contributed by atoms with van der Waals surface area (Å²) in [4.78, 5) is 25.4. The van der Waals surface area contributed by atoms with Gasteiger partial charge in [0.1, 0.15) is 0 Å². The first-order valence-electron chi connectivity index (χ1n) is 12.2. The van der Waals surface area contributed by atoms with Crippen LogP contribution >= 0.6 is 0 Å². The highest BCUT2D eigenvalue weighted by atomic mass is 16.5. The van der Waals surface area contributed by atoms with Crippen molar-refractivity contribution in [2.75, 3.05) is 20.3 Å². The van der Waals surface area contributed by atoms with E-state index in [0.29, 0.717) is 23.4 Å². The first kappa shape index (κ1) is 21.5. The molecule has 6 nitrogen and oxygen atoms in total. The maximum atomic E-state index is 13.1. The molecule has 1 saturated carbocycles. The number of amides is 2. The first-order chi connectivity index (χ1) is 15.5. The van der Waals surface area contributed by atoms with Crippen LogP contribution in [-0.2, 0) is 23.0 Å². The standard InChI is InChI=1S/C26H35N3O3/c1-15(25(30)28-19-5-6-19)20-13-18(16-8-10-32-11-9-16)14-22-21-12-17(26(31)27-2)4-7-23(21)29(3)24(20)22/h4,7,12,15-16,18-20H,5-6,8-11,13-14H2,1-3H3,(H,27,31)(H,28,30)/t15-,18?,20?/m0/s1. The van der Waals surface area contributed by atoms with Crippen molar-refractivity contribution in [3.8, 4) is 0 Å². The van der Waals surface area contributed by atoms with Crippen LogP contribution < -0.4 is 10.6 Å². The molecule has 1 saturated heterocycles. The van der Waals surface area contributed by atoms with Crippen molar-refractivity contribution in [3.05, 3.63) is 35.0 Å². The van der Waals surface area contributed by atoms with Crippen LogP contribution in [0.25, 0.3) is 10.9 Å². The highest BCUT2D eigenvalue weighted by Gasteiger charge is 2.40. The number of ether oxygens (including phenoxy) is 1. The van der Waals surface area contributed by atoms with Gasteiger partial charge in [-0.1, -0.05) is 6.92 Å². The lowest BCUT2D eigenvalue weighted by Crippen LogP contribution is -2.38. The molecule has 6 heteroatoms. The van der Waals surface area contributed by atoms with Crippen LogP contribution in [-0.4, -0.2) is 42.7 Å². The third-order valence-electron chi connectivity index (χ3n) is 8.09. The largest absolute Gasteiger partial charge is 0.381 e. The average Bonchev–Trinajstić information content (AvgIpc) is 3.61. The predicted octanol–water partition coefficient (Wildman–Crippen LogP) is 3.53. The third kappa shape index (κ3) is 3.83. The quantitative estimate of drug-likeness (QED) is 0.752. The Bertz CT molecular complexity index is 1030. The molecule has 2 aromatic rings. The van der Waals surface area contributed by atoms with Crippen LogP contribution in [0.1, 0.15) is 66.6 Å². The van der Waals surface area contributed by atoms with E-state index >= 15 is 0 Å². The predicted molar refractivity (Wildman–Crippen MR) is 125 cm³/mol. The number of hydrogen-bond donors (Lipinski definition) is 2. The maximum Gasteiger partial charge on any atom is 0.251 e. The number of aryl methyl sites for hydroxylation is 1. The number of carbonyl (C=O) groups excluding carboxylic acids is 2. The molecule has 32 heavy (non-hydrogen) atoms. The lowest BCUT2D eigenvalue weighted by molar-refractivity contribution is -0.125. The molecule has 1 aromatic heterocycles. The molecule has 2 amide bonds. The van der Waals surface area contributed by atoms with Crippen molar-refractivity contribution < 1.29 is 14.3 Å². The Morgan fingerprint density at radius 1 is 1.12 bits per heavy atom. The minimum Gasteiger partial charge on any atom is -0.381 e. The summed E-state index contributed by atoms with van der Waals surface area (Å²) in [7, 11) is 3.79. The molecule has 3 aliphatic rings. The van der Waals surface area contributed by atoms with Gasteiger partial charge < -0.3 is 19.9 Å². The SMILES string of the molecule is CNC(=O)c1ccc2c(c1)c1c(n2C)C([C@H](C)C(=O)NC2CC2)CC(C2CCOCC2)C1. The molecule has 5 rings (SSSR count). The third-order valence-corrected chi connectivity index (χ3v) is 8.09. The summed E-state index contributed by atoms with van der Waals surface area (Å²) in [5.74, 6) is 1.42. The molecule has 3 atom stereocenters. The van der Waals surface area contributed by atoms with E-state index < -0.39 is 0 Å². The second-order valence-electron chi connectivity index (χ2n) is 10.1. The van der Waals surface area contributed by atoms with Gasteiger partial charge in [-0.15, -0.1) is 0 Å². The molecule has 2 heterocycles. The molecule has 0 radical (unpaired) electrons. The van der Waals surface area contributed by atoms with Crippen LogP contribution in [0.15, 0.2) is 18.2 Å². The molecule has 0 bridgehead atoms. The molecule has 2 aliphatic carbocycles. The molecule has 172 valence electrons. The molecule has 2 N–H and O–H groups in total. The van der Waals surface area contributed by atoms with E-state index in [-0.39, 0.29) is 23.7 Å². The molecule has 1 aromatic carbocycles. The molecule has 0 spiro atoms. The Balaban J connectivity index is 1.57. The smallest absolute Gasteiger partial charge is 0.251 e. The Morgan fingerprint density at radius 2 is 1.88 bits per heavy atom. The van der Waals surface area contributed by atoms with Gasteiger partial charge in [0, 0.05) is 67.3 Å². The van der Waals surface area contributed by atoms with Gasteiger partial charge in [0.05, 0.1) is 0 Å². The van der Waals surface area contributed by atoms with Gasteiger partial charge in [0.2, 0.25) is 5.91 Å². The average molecular weight is 438 g/mol. The summed E-state index contributed by atoms with van der Waals surface area (Å²) >= 11 is 0. The van der Waals surface area contributed by atoms with Crippen molar-refractivity contribution in [1.82, 2.24) is 15.2 Å². The summed E-state index contributed by atoms with van der Waals surface area (Å²) in [5, 5.41) is 7.15. The van der Waals surface area contributed by atoms with Gasteiger partial charge >= 0.3 is 0 Å². The minimum absolute atomic E-state index is 0.0602. The van der Waals surface area contributed by atoms with Crippen LogP contribution in [0.4, 0.5) is 0 Å². The highest BCUT2D eigenvalue weighted by Crippen LogP contribution is 2.47. The minimum atomic E-state index is -0.0709. The summed E-state index contributed by atoms with van der Waals surface area (Å²) in [6.45, 7) is 3.78. The van der Waals surface area contributed by atoms with E-state index in [0.717, 1.165) is 57.3 Å². The van der Waals surface area contributed by atoms with Crippen molar-refractivity contribution in [3.63, 3.8) is 0 Å². The fraction of sp³-hybridized carbons (Fsp3) is 0.615. The molecular weight excluding hydrogens is 402 g/mol. The second-order valence-corrected chi connectivity index (χ2v) is 10.1. The van der Waals surface area contributed by atoms with E-state index in [1.54, 1.807) is 7.05 Å². The summed E-state index contributed by atoms with van der Waals surface area (Å²) in [6.07, 6.45) is 6.48. The van der Waals surface area contributed by atoms with Crippen molar-refractivity contribution in [2.45, 2.75) is 57.4 Å². The van der Waals surface area contributed by atoms with E-state index in [4.69, 9.17) is 4.74 Å². The number of fused-ring (bicyclic) bond motifs is 3. The maximum absolute atomic E-state index is 13.1. The summed E-state index contributed by atoms with van der Waals surface area (Å²) in [6, 6.07) is 6.39. The van der Waals surface area contributed by atoms with Crippen molar-refractivity contribution in [1.29, 1.82) is 0 Å². The fourth-order valence-electron chi connectivity index (χ4n) is 6.03. The number of carbonyl (C=O) groups is 2. The van der Waals surface area contributed by atoms with E-state index in [1.165, 1.54) is 16.6 Å². The molecule has 1 aliphatic heterocycles. The first-order valence-corrected chi connectivity index (χ1v) is 12.2. The Morgan fingerprint density at radius 3 is 2.56 bits per heavy atom. The molecule has 2 unspecified atom stereocenters. The number of benzene rings is 1. The topological polar surface area (TPSA) is 72.4 Å². The van der Waals surface area contributed by atoms with Gasteiger partial charge in [-0.3, -0.25) is 9.59 Å². The Hall–Kier alpha value is -2.34. The van der Waals surface area contributed by atoms with Crippen LogP contribution in [0.3, 0.4) is 0 Å². The van der Waals surface area contributed by atoms with Crippen LogP contribution in [0.2, 0.25) is 0 Å². The zero-order valence-electron chi connectivity index (χ0n) is 19.4. The van der Waals surface area contributed by atoms with E-state index in [2.05, 4.69) is 35.2 Å². The lowest BCUT2D eigenvalue weighted by atomic mass is 9.68. The van der Waals surface area contributed by atoms with Gasteiger partial charge in [0.15, 0.2) is 0 Å². The second kappa shape index (κ2) is 8.54. The zero-order valence-corrected chi connectivity index (χ0v) is 19.4. The summed E-state index contributed by atoms with van der Waals surface area (Å²) < 4.78 is 7.92. The van der Waals surface area contributed by atoms with Crippen molar-refractivity contribution in [2.24, 2.45) is 24.8 Å². The highest BCUT2D eigenvalue weighted by molar-refractivity contribution is 5.99. The van der Waals surface area contributed by atoms with Gasteiger partial charge in [-0.05, 0) is 74.1 Å². The van der Waals surface area contributed by atoms with Crippen LogP contribution in [0.5, 0.6) is 0 Å². The Labute approximate surface area is 190 Å². The number of nitrogens with zero attached hydrogens (tertiary/aromatic N) is 1. The van der Waals surface area contributed by atoms with Crippen molar-refractivity contribution >= 4 is 22.7 Å². The number of aromatic nitrogens is 1. The lowest BCUT2D eigenvalue weighted by Gasteiger charge is -2.39. The summed E-state index contributed by atoms with van der Waals surface area (Å²) in [5.41, 5.74) is 4.47. The Kier molecular flexibility index (Phi) is 5.74. The number of rotatable bonds is 5.